The van der Waals surface area contributed by atoms with Crippen LogP contribution in [0.15, 0.2) is 142 Å². The topological polar surface area (TPSA) is 22.0 Å². The largest absolute Gasteiger partial charge is 0.274 e. The van der Waals surface area contributed by atoms with Gasteiger partial charge < -0.3 is 0 Å². The van der Waals surface area contributed by atoms with Gasteiger partial charge in [-0.05, 0) is 79.2 Å². The van der Waals surface area contributed by atoms with E-state index in [4.69, 9.17) is 0 Å². The molecule has 8 aromatic rings. The normalized spacial score (nSPS) is 12.5. The average molecular weight is 528 g/mol. The Morgan fingerprint density at radius 3 is 1.65 bits per heavy atom. The lowest BCUT2D eigenvalue weighted by Crippen LogP contribution is -2.21. The molecule has 0 fully saturated rings. The smallest absolute Gasteiger partial charge is 0.263 e. The zero-order valence-electron chi connectivity index (χ0n) is 21.4. The third-order valence-electron chi connectivity index (χ3n) is 8.37. The Hall–Kier alpha value is -4.86. The second-order valence-electron chi connectivity index (χ2n) is 10.5. The monoisotopic (exact) mass is 527 g/mol. The zero-order chi connectivity index (χ0) is 26.4. The Morgan fingerprint density at radius 2 is 0.950 bits per heavy atom. The summed E-state index contributed by atoms with van der Waals surface area (Å²) in [4.78, 5) is 16.0. The Labute approximate surface area is 234 Å². The predicted octanol–water partition coefficient (Wildman–Crippen LogP) is 9.74. The van der Waals surface area contributed by atoms with Crippen LogP contribution in [0.1, 0.15) is 0 Å². The van der Waals surface area contributed by atoms with Crippen LogP contribution in [0.2, 0.25) is 0 Å². The molecule has 2 heterocycles. The maximum absolute atomic E-state index is 13.8. The van der Waals surface area contributed by atoms with Gasteiger partial charge in [-0.25, -0.2) is 0 Å². The summed E-state index contributed by atoms with van der Waals surface area (Å²) in [6.07, 6.45) is 0. The van der Waals surface area contributed by atoms with E-state index in [1.54, 1.807) is 11.8 Å². The minimum atomic E-state index is 0.0360. The van der Waals surface area contributed by atoms with Crippen molar-refractivity contribution in [3.63, 3.8) is 0 Å². The highest BCUT2D eigenvalue weighted by Crippen LogP contribution is 2.45. The zero-order valence-corrected chi connectivity index (χ0v) is 22.2. The first-order chi connectivity index (χ1) is 19.8. The average Bonchev–Trinajstić information content (AvgIpc) is 3.02. The van der Waals surface area contributed by atoms with Gasteiger partial charge in [-0.15, -0.1) is 0 Å². The molecule has 0 atom stereocenters. The van der Waals surface area contributed by atoms with E-state index in [9.17, 15) is 4.79 Å². The number of benzene rings is 7. The first kappa shape index (κ1) is 22.0. The molecule has 0 saturated heterocycles. The molecule has 2 nitrogen and oxygen atoms in total. The third kappa shape index (κ3) is 2.93. The van der Waals surface area contributed by atoms with Crippen molar-refractivity contribution in [3.8, 4) is 16.8 Å². The Kier molecular flexibility index (Phi) is 4.44. The molecule has 1 aliphatic rings. The quantitative estimate of drug-likeness (QED) is 0.198. The molecule has 0 unspecified atom stereocenters. The van der Waals surface area contributed by atoms with Crippen LogP contribution in [0.3, 0.4) is 0 Å². The van der Waals surface area contributed by atoms with E-state index >= 15 is 0 Å². The van der Waals surface area contributed by atoms with Crippen LogP contribution in [-0.4, -0.2) is 4.57 Å². The predicted molar refractivity (Wildman–Crippen MR) is 169 cm³/mol. The first-order valence-electron chi connectivity index (χ1n) is 13.5. The SMILES string of the molecule is O=c1c2ccccc2c2cccc3c2n1-c1ccc(-c2ccc4c5ccccc5c5ccccc5c4c2)cc1S3. The Balaban J connectivity index is 1.29. The lowest BCUT2D eigenvalue weighted by Gasteiger charge is -2.23. The second kappa shape index (κ2) is 8.08. The second-order valence-corrected chi connectivity index (χ2v) is 11.6. The third-order valence-corrected chi connectivity index (χ3v) is 9.47. The lowest BCUT2D eigenvalue weighted by molar-refractivity contribution is 1.00. The van der Waals surface area contributed by atoms with Crippen LogP contribution in [0, 0.1) is 0 Å². The van der Waals surface area contributed by atoms with Crippen molar-refractivity contribution in [2.45, 2.75) is 9.79 Å². The Morgan fingerprint density at radius 1 is 0.425 bits per heavy atom. The van der Waals surface area contributed by atoms with Gasteiger partial charge in [0.25, 0.3) is 5.56 Å². The number of rotatable bonds is 1. The van der Waals surface area contributed by atoms with E-state index in [-0.39, 0.29) is 5.56 Å². The summed E-state index contributed by atoms with van der Waals surface area (Å²) >= 11 is 1.75. The molecule has 7 aromatic carbocycles. The van der Waals surface area contributed by atoms with E-state index in [0.29, 0.717) is 0 Å². The molecule has 1 aromatic heterocycles. The van der Waals surface area contributed by atoms with E-state index < -0.39 is 0 Å². The highest BCUT2D eigenvalue weighted by atomic mass is 32.2. The van der Waals surface area contributed by atoms with Crippen molar-refractivity contribution in [2.75, 3.05) is 0 Å². The summed E-state index contributed by atoms with van der Waals surface area (Å²) in [5, 5.41) is 10.5. The fourth-order valence-electron chi connectivity index (χ4n) is 6.57. The summed E-state index contributed by atoms with van der Waals surface area (Å²) in [5.41, 5.74) is 4.31. The van der Waals surface area contributed by atoms with Crippen molar-refractivity contribution >= 4 is 65.8 Å². The van der Waals surface area contributed by atoms with Crippen molar-refractivity contribution in [1.82, 2.24) is 4.57 Å². The lowest BCUT2D eigenvalue weighted by atomic mass is 9.92. The van der Waals surface area contributed by atoms with Crippen molar-refractivity contribution in [2.24, 2.45) is 0 Å². The highest BCUT2D eigenvalue weighted by Gasteiger charge is 2.23. The van der Waals surface area contributed by atoms with E-state index in [0.717, 1.165) is 42.7 Å². The molecule has 0 amide bonds. The summed E-state index contributed by atoms with van der Waals surface area (Å²) in [7, 11) is 0. The first-order valence-corrected chi connectivity index (χ1v) is 14.3. The molecule has 0 aliphatic carbocycles. The van der Waals surface area contributed by atoms with Crippen LogP contribution in [0.4, 0.5) is 0 Å². The molecular formula is C37H21NOS. The van der Waals surface area contributed by atoms with Crippen LogP contribution in [-0.2, 0) is 0 Å². The van der Waals surface area contributed by atoms with Crippen molar-refractivity contribution in [1.29, 1.82) is 0 Å². The minimum Gasteiger partial charge on any atom is -0.274 e. The number of aromatic nitrogens is 1. The fourth-order valence-corrected chi connectivity index (χ4v) is 7.71. The van der Waals surface area contributed by atoms with Crippen LogP contribution in [0.5, 0.6) is 0 Å². The molecule has 1 aliphatic heterocycles. The van der Waals surface area contributed by atoms with Gasteiger partial charge in [0.15, 0.2) is 0 Å². The number of para-hydroxylation sites is 1. The summed E-state index contributed by atoms with van der Waals surface area (Å²) in [5.74, 6) is 0. The number of hydrogen-bond donors (Lipinski definition) is 0. The van der Waals surface area contributed by atoms with Crippen molar-refractivity contribution in [3.05, 3.63) is 138 Å². The van der Waals surface area contributed by atoms with Gasteiger partial charge in [0.2, 0.25) is 0 Å². The van der Waals surface area contributed by atoms with E-state index in [1.807, 2.05) is 22.8 Å². The van der Waals surface area contributed by atoms with Crippen LogP contribution in [0.25, 0.3) is 70.8 Å². The number of hydrogen-bond acceptors (Lipinski definition) is 2. The summed E-state index contributed by atoms with van der Waals surface area (Å²) < 4.78 is 1.92. The van der Waals surface area contributed by atoms with Crippen molar-refractivity contribution < 1.29 is 0 Å². The standard InChI is InChI=1S/C37H21NOS/c39-37-31-13-6-5-12-28(31)30-14-7-15-34-36(30)38(37)33-19-17-23(21-35(33)40-34)22-16-18-29-26-10-2-1-8-24(26)25-9-3-4-11-27(25)32(29)20-22/h1-21H. The molecule has 40 heavy (non-hydrogen) atoms. The van der Waals surface area contributed by atoms with Gasteiger partial charge in [0.05, 0.1) is 11.2 Å². The van der Waals surface area contributed by atoms with Gasteiger partial charge in [0, 0.05) is 20.6 Å². The van der Waals surface area contributed by atoms with E-state index in [1.165, 1.54) is 37.9 Å². The Bertz CT molecular complexity index is 2400. The fraction of sp³-hybridized carbons (Fsp3) is 0. The van der Waals surface area contributed by atoms with E-state index in [2.05, 4.69) is 109 Å². The molecule has 186 valence electrons. The van der Waals surface area contributed by atoms with Crippen LogP contribution < -0.4 is 5.56 Å². The maximum atomic E-state index is 13.8. The molecule has 3 heteroatoms. The van der Waals surface area contributed by atoms with Gasteiger partial charge >= 0.3 is 0 Å². The van der Waals surface area contributed by atoms with Gasteiger partial charge in [0.1, 0.15) is 0 Å². The summed E-state index contributed by atoms with van der Waals surface area (Å²) in [6.45, 7) is 0. The van der Waals surface area contributed by atoms with Crippen LogP contribution >= 0.6 is 11.8 Å². The summed E-state index contributed by atoms with van der Waals surface area (Å²) in [6, 6.07) is 45.0. The van der Waals surface area contributed by atoms with Gasteiger partial charge in [-0.1, -0.05) is 109 Å². The van der Waals surface area contributed by atoms with Gasteiger partial charge in [-0.2, -0.15) is 0 Å². The minimum absolute atomic E-state index is 0.0360. The molecule has 0 N–H and O–H groups in total. The highest BCUT2D eigenvalue weighted by molar-refractivity contribution is 7.99. The van der Waals surface area contributed by atoms with Gasteiger partial charge in [-0.3, -0.25) is 9.36 Å². The molecular weight excluding hydrogens is 506 g/mol. The number of pyridine rings is 1. The molecule has 0 saturated carbocycles. The molecule has 0 spiro atoms. The molecule has 0 bridgehead atoms. The maximum Gasteiger partial charge on any atom is 0.263 e. The number of fused-ring (bicyclic) bond motifs is 10. The number of nitrogens with zero attached hydrogens (tertiary/aromatic N) is 1. The molecule has 0 radical (unpaired) electrons. The molecule has 9 rings (SSSR count).